The lowest BCUT2D eigenvalue weighted by atomic mass is 9.54. The van der Waals surface area contributed by atoms with Crippen LogP contribution in [0.5, 0.6) is 0 Å². The molecule has 5 aliphatic carbocycles. The zero-order chi connectivity index (χ0) is 13.4. The zero-order valence-corrected chi connectivity index (χ0v) is 10.9. The third kappa shape index (κ3) is 0.739. The van der Waals surface area contributed by atoms with Crippen LogP contribution in [0.1, 0.15) is 12.0 Å². The minimum atomic E-state index is -2.52. The van der Waals surface area contributed by atoms with Gasteiger partial charge in [-0.05, 0) is 35.7 Å². The van der Waals surface area contributed by atoms with Crippen LogP contribution in [0.25, 0.3) is 0 Å². The van der Waals surface area contributed by atoms with Crippen molar-refractivity contribution in [3.8, 4) is 0 Å². The molecule has 0 heterocycles. The summed E-state index contributed by atoms with van der Waals surface area (Å²) in [5.41, 5.74) is -0.0935. The van der Waals surface area contributed by atoms with E-state index in [1.807, 2.05) is 30.3 Å². The van der Waals surface area contributed by atoms with E-state index in [0.29, 0.717) is 11.8 Å². The summed E-state index contributed by atoms with van der Waals surface area (Å²) in [6.45, 7) is 0. The molecule has 0 radical (unpaired) electrons. The first-order valence-electron chi connectivity index (χ1n) is 7.73. The predicted octanol–water partition coefficient (Wildman–Crippen LogP) is 2.90. The van der Waals surface area contributed by atoms with E-state index in [4.69, 9.17) is 0 Å². The smallest absolute Gasteiger partial charge is 0.255 e. The Labute approximate surface area is 116 Å². The van der Waals surface area contributed by atoms with Crippen molar-refractivity contribution in [1.29, 1.82) is 0 Å². The first-order valence-corrected chi connectivity index (χ1v) is 7.73. The number of fused-ring (bicyclic) bond motifs is 2. The van der Waals surface area contributed by atoms with Gasteiger partial charge < -0.3 is 5.11 Å². The standard InChI is InChI=1S/C17H16F2O/c18-17(19)13-9-6-8-10-11(9)15(17)14(10)16(20,12(8)13)7-4-2-1-3-5-7/h1-5,8-15,20H,6H2/t8-,9+,10?,11?,12?,13?,14?,15?,16-/m0/s1. The van der Waals surface area contributed by atoms with Crippen molar-refractivity contribution >= 4 is 0 Å². The Morgan fingerprint density at radius 2 is 1.55 bits per heavy atom. The Balaban J connectivity index is 1.62. The second kappa shape index (κ2) is 2.70. The summed E-state index contributed by atoms with van der Waals surface area (Å²) in [7, 11) is 0. The number of hydrogen-bond donors (Lipinski definition) is 1. The maximum absolute atomic E-state index is 14.6. The molecular weight excluding hydrogens is 258 g/mol. The lowest BCUT2D eigenvalue weighted by Crippen LogP contribution is -2.59. The Morgan fingerprint density at radius 3 is 2.30 bits per heavy atom. The lowest BCUT2D eigenvalue weighted by Gasteiger charge is -2.54. The van der Waals surface area contributed by atoms with E-state index >= 15 is 0 Å². The topological polar surface area (TPSA) is 20.2 Å². The molecule has 0 amide bonds. The molecule has 6 unspecified atom stereocenters. The van der Waals surface area contributed by atoms with Gasteiger partial charge in [-0.2, -0.15) is 0 Å². The minimum absolute atomic E-state index is 0.191. The summed E-state index contributed by atoms with van der Waals surface area (Å²) in [5, 5.41) is 11.4. The van der Waals surface area contributed by atoms with Gasteiger partial charge in [0.2, 0.25) is 0 Å². The van der Waals surface area contributed by atoms with E-state index in [2.05, 4.69) is 0 Å². The Kier molecular flexibility index (Phi) is 1.45. The molecule has 1 N–H and O–H groups in total. The van der Waals surface area contributed by atoms with Crippen LogP contribution in [0, 0.1) is 47.3 Å². The van der Waals surface area contributed by atoms with Gasteiger partial charge in [0.05, 0.1) is 5.60 Å². The van der Waals surface area contributed by atoms with Crippen LogP contribution in [0.3, 0.4) is 0 Å². The SMILES string of the molecule is O[C@]1(c2ccccc2)C2C3C4C2C(F)(F)C2C1[C@H]3C[C@H]42. The van der Waals surface area contributed by atoms with Gasteiger partial charge in [-0.25, -0.2) is 8.78 Å². The molecule has 20 heavy (non-hydrogen) atoms. The molecule has 5 fully saturated rings. The van der Waals surface area contributed by atoms with Crippen LogP contribution in [0.15, 0.2) is 30.3 Å². The molecule has 0 spiro atoms. The normalized spacial score (nSPS) is 62.1. The lowest BCUT2D eigenvalue weighted by molar-refractivity contribution is -0.238. The summed E-state index contributed by atoms with van der Waals surface area (Å²) in [6.07, 6.45) is 0.947. The van der Waals surface area contributed by atoms with Crippen molar-refractivity contribution in [2.45, 2.75) is 17.9 Å². The molecule has 0 aromatic heterocycles. The molecule has 1 aromatic rings. The highest BCUT2D eigenvalue weighted by Crippen LogP contribution is 2.89. The largest absolute Gasteiger partial charge is 0.385 e. The Bertz CT molecular complexity index is 629. The van der Waals surface area contributed by atoms with Gasteiger partial charge in [0.15, 0.2) is 0 Å². The van der Waals surface area contributed by atoms with Gasteiger partial charge >= 0.3 is 0 Å². The second-order valence-corrected chi connectivity index (χ2v) is 7.69. The van der Waals surface area contributed by atoms with Gasteiger partial charge in [0.25, 0.3) is 5.92 Å². The zero-order valence-electron chi connectivity index (χ0n) is 10.9. The molecule has 3 heteroatoms. The van der Waals surface area contributed by atoms with E-state index < -0.39 is 23.4 Å². The summed E-state index contributed by atoms with van der Waals surface area (Å²) >= 11 is 0. The maximum atomic E-state index is 14.6. The summed E-state index contributed by atoms with van der Waals surface area (Å²) in [4.78, 5) is 0. The molecule has 1 aromatic carbocycles. The fraction of sp³-hybridized carbons (Fsp3) is 0.647. The third-order valence-corrected chi connectivity index (χ3v) is 7.64. The van der Waals surface area contributed by atoms with Gasteiger partial charge in [0.1, 0.15) is 0 Å². The number of benzene rings is 1. The summed E-state index contributed by atoms with van der Waals surface area (Å²) in [6, 6.07) is 9.62. The van der Waals surface area contributed by atoms with Crippen LogP contribution < -0.4 is 0 Å². The highest BCUT2D eigenvalue weighted by Gasteiger charge is 2.92. The number of alkyl halides is 2. The van der Waals surface area contributed by atoms with E-state index in [0.717, 1.165) is 12.0 Å². The summed E-state index contributed by atoms with van der Waals surface area (Å²) < 4.78 is 29.3. The molecule has 5 saturated carbocycles. The number of aliphatic hydroxyl groups is 1. The quantitative estimate of drug-likeness (QED) is 0.835. The molecule has 5 aliphatic rings. The van der Waals surface area contributed by atoms with Crippen molar-refractivity contribution in [1.82, 2.24) is 0 Å². The molecule has 0 aliphatic heterocycles. The van der Waals surface area contributed by atoms with E-state index in [-0.39, 0.29) is 23.7 Å². The molecule has 9 atom stereocenters. The molecular formula is C17H16F2O. The molecule has 104 valence electrons. The average Bonchev–Trinajstić information content (AvgIpc) is 2.91. The maximum Gasteiger partial charge on any atom is 0.255 e. The van der Waals surface area contributed by atoms with Gasteiger partial charge in [-0.3, -0.25) is 0 Å². The average molecular weight is 274 g/mol. The fourth-order valence-electron chi connectivity index (χ4n) is 7.57. The number of hydrogen-bond acceptors (Lipinski definition) is 1. The minimum Gasteiger partial charge on any atom is -0.385 e. The van der Waals surface area contributed by atoms with Crippen LogP contribution in [0.2, 0.25) is 0 Å². The van der Waals surface area contributed by atoms with Crippen molar-refractivity contribution in [3.05, 3.63) is 35.9 Å². The van der Waals surface area contributed by atoms with Crippen molar-refractivity contribution < 1.29 is 13.9 Å². The Hall–Kier alpha value is -0.960. The van der Waals surface area contributed by atoms with Crippen LogP contribution in [0.4, 0.5) is 8.78 Å². The van der Waals surface area contributed by atoms with Crippen LogP contribution in [-0.4, -0.2) is 11.0 Å². The summed E-state index contributed by atoms with van der Waals surface area (Å²) in [5.74, 6) is -2.85. The molecule has 6 rings (SSSR count). The van der Waals surface area contributed by atoms with E-state index in [1.54, 1.807) is 0 Å². The fourth-order valence-corrected chi connectivity index (χ4v) is 7.57. The monoisotopic (exact) mass is 274 g/mol. The van der Waals surface area contributed by atoms with Crippen LogP contribution in [-0.2, 0) is 5.60 Å². The molecule has 0 saturated heterocycles. The van der Waals surface area contributed by atoms with Crippen LogP contribution >= 0.6 is 0 Å². The highest BCUT2D eigenvalue weighted by molar-refractivity contribution is 5.41. The van der Waals surface area contributed by atoms with Crippen molar-refractivity contribution in [2.75, 3.05) is 0 Å². The molecule has 2 bridgehead atoms. The number of halogens is 2. The Morgan fingerprint density at radius 1 is 0.900 bits per heavy atom. The first kappa shape index (κ1) is 10.7. The second-order valence-electron chi connectivity index (χ2n) is 7.69. The van der Waals surface area contributed by atoms with Gasteiger partial charge in [-0.1, -0.05) is 30.3 Å². The van der Waals surface area contributed by atoms with E-state index in [9.17, 15) is 13.9 Å². The predicted molar refractivity (Wildman–Crippen MR) is 67.8 cm³/mol. The third-order valence-electron chi connectivity index (χ3n) is 7.64. The van der Waals surface area contributed by atoms with Gasteiger partial charge in [-0.15, -0.1) is 0 Å². The first-order chi connectivity index (χ1) is 9.58. The highest BCUT2D eigenvalue weighted by atomic mass is 19.3. The number of rotatable bonds is 1. The van der Waals surface area contributed by atoms with Crippen molar-refractivity contribution in [3.63, 3.8) is 0 Å². The van der Waals surface area contributed by atoms with E-state index in [1.165, 1.54) is 0 Å². The molecule has 1 nitrogen and oxygen atoms in total. The van der Waals surface area contributed by atoms with Crippen molar-refractivity contribution in [2.24, 2.45) is 47.3 Å². The van der Waals surface area contributed by atoms with Gasteiger partial charge in [0, 0.05) is 23.7 Å².